The van der Waals surface area contributed by atoms with E-state index < -0.39 is 5.41 Å². The highest BCUT2D eigenvalue weighted by Crippen LogP contribution is 2.66. The predicted octanol–water partition coefficient (Wildman–Crippen LogP) is 13.2. The van der Waals surface area contributed by atoms with Crippen molar-refractivity contribution < 1.29 is 0 Å². The second kappa shape index (κ2) is 11.2. The molecular formula is C58H39N3. The van der Waals surface area contributed by atoms with Gasteiger partial charge in [0.1, 0.15) is 0 Å². The molecule has 1 saturated carbocycles. The van der Waals surface area contributed by atoms with Crippen LogP contribution in [-0.4, -0.2) is 9.38 Å². The number of aryl methyl sites for hydroxylation is 4. The van der Waals surface area contributed by atoms with Crippen molar-refractivity contribution in [2.45, 2.75) is 62.2 Å². The largest absolute Gasteiger partial charge is 0.306 e. The number of hydrogen-bond acceptors (Lipinski definition) is 2. The molecule has 0 amide bonds. The molecule has 10 aromatic rings. The lowest BCUT2D eigenvalue weighted by Crippen LogP contribution is -2.27. The molecule has 1 fully saturated rings. The number of nitrogens with zero attached hydrogens (tertiary/aromatic N) is 3. The Morgan fingerprint density at radius 1 is 0.525 bits per heavy atom. The summed E-state index contributed by atoms with van der Waals surface area (Å²) in [4.78, 5) is 5.59. The molecule has 3 aromatic heterocycles. The molecule has 0 aliphatic heterocycles. The SMILES string of the molecule is N#Cc1cc2c(c3c1C1(c4ccccc4-c4ccccc41)c1ccccc1-3)c1c3cc(c4c5c6c(ncc5n2c41)C1(CCCC1)c1ccccc1-6)CCc1cccc(c1)CC3. The fourth-order valence-electron chi connectivity index (χ4n) is 13.9. The average molecular weight is 778 g/mol. The summed E-state index contributed by atoms with van der Waals surface area (Å²) in [5.74, 6) is 0. The molecule has 7 aromatic carbocycles. The van der Waals surface area contributed by atoms with Crippen molar-refractivity contribution in [3.63, 3.8) is 0 Å². The minimum Gasteiger partial charge on any atom is -0.306 e. The molecule has 0 unspecified atom stereocenters. The quantitative estimate of drug-likeness (QED) is 0.154. The summed E-state index contributed by atoms with van der Waals surface area (Å²) in [6.45, 7) is 0. The molecule has 4 bridgehead atoms. The van der Waals surface area contributed by atoms with Crippen LogP contribution >= 0.6 is 0 Å². The number of rotatable bonds is 0. The maximum absolute atomic E-state index is 11.6. The number of aromatic nitrogens is 2. The van der Waals surface area contributed by atoms with Gasteiger partial charge in [0.05, 0.1) is 45.5 Å². The molecule has 3 heterocycles. The van der Waals surface area contributed by atoms with Crippen LogP contribution in [0.2, 0.25) is 0 Å². The van der Waals surface area contributed by atoms with Crippen LogP contribution in [0.4, 0.5) is 0 Å². The molecule has 5 aliphatic carbocycles. The number of pyridine rings is 1. The van der Waals surface area contributed by atoms with Gasteiger partial charge < -0.3 is 4.40 Å². The summed E-state index contributed by atoms with van der Waals surface area (Å²) in [6, 6.07) is 53.3. The third kappa shape index (κ3) is 3.70. The average Bonchev–Trinajstić information content (AvgIpc) is 4.16. The molecule has 0 saturated heterocycles. The highest BCUT2D eigenvalue weighted by molar-refractivity contribution is 6.31. The van der Waals surface area contributed by atoms with Gasteiger partial charge in [-0.2, -0.15) is 5.26 Å². The molecule has 3 nitrogen and oxygen atoms in total. The van der Waals surface area contributed by atoms with Crippen LogP contribution < -0.4 is 0 Å². The van der Waals surface area contributed by atoms with Crippen LogP contribution in [0.1, 0.15) is 87.0 Å². The van der Waals surface area contributed by atoms with Crippen LogP contribution in [0.5, 0.6) is 0 Å². The summed E-state index contributed by atoms with van der Waals surface area (Å²) in [7, 11) is 0. The molecule has 5 aliphatic rings. The first-order valence-electron chi connectivity index (χ1n) is 22.3. The fourth-order valence-corrected chi connectivity index (χ4v) is 13.9. The van der Waals surface area contributed by atoms with Gasteiger partial charge in [0.15, 0.2) is 0 Å². The Kier molecular flexibility index (Phi) is 6.03. The summed E-state index contributed by atoms with van der Waals surface area (Å²) in [6.07, 6.45) is 10.9. The first-order valence-corrected chi connectivity index (χ1v) is 22.3. The normalized spacial score (nSPS) is 16.9. The lowest BCUT2D eigenvalue weighted by molar-refractivity contribution is 0.534. The van der Waals surface area contributed by atoms with Crippen LogP contribution in [-0.2, 0) is 36.5 Å². The predicted molar refractivity (Wildman–Crippen MR) is 246 cm³/mol. The van der Waals surface area contributed by atoms with Gasteiger partial charge >= 0.3 is 0 Å². The van der Waals surface area contributed by atoms with Crippen molar-refractivity contribution in [2.24, 2.45) is 0 Å². The van der Waals surface area contributed by atoms with Crippen molar-refractivity contribution in [1.82, 2.24) is 9.38 Å². The van der Waals surface area contributed by atoms with Crippen molar-refractivity contribution in [1.29, 1.82) is 5.26 Å². The molecule has 286 valence electrons. The summed E-state index contributed by atoms with van der Waals surface area (Å²) in [5, 5.41) is 16.9. The van der Waals surface area contributed by atoms with Gasteiger partial charge in [0.2, 0.25) is 0 Å². The Balaban J connectivity index is 1.16. The van der Waals surface area contributed by atoms with E-state index in [2.05, 4.69) is 150 Å². The molecular weight excluding hydrogens is 739 g/mol. The number of benzene rings is 7. The van der Waals surface area contributed by atoms with Crippen LogP contribution in [0.3, 0.4) is 0 Å². The smallest absolute Gasteiger partial charge is 0.0996 e. The standard InChI is InChI=1S/C58H39N3/c59-31-37-30-46-52(50-41-17-4-8-21-45(41)58(54(37)50)43-19-6-1-14-38(43)39-15-2-7-20-44(39)58)48-35-24-22-33-12-11-13-34(28-33)23-25-36(29-35)49-53-47(61(46)55(48)49)32-60-56-51(53)40-16-3-5-18-42(40)57(56)26-9-10-27-57/h1-8,11-21,28-30,32H,9-10,22-27H2. The fraction of sp³-hybridized carbons (Fsp3) is 0.172. The van der Waals surface area contributed by atoms with Crippen molar-refractivity contribution in [3.8, 4) is 39.4 Å². The molecule has 0 radical (unpaired) electrons. The van der Waals surface area contributed by atoms with Crippen molar-refractivity contribution in [2.75, 3.05) is 0 Å². The second-order valence-corrected chi connectivity index (χ2v) is 18.6. The van der Waals surface area contributed by atoms with Crippen molar-refractivity contribution in [3.05, 3.63) is 201 Å². The lowest BCUT2D eigenvalue weighted by atomic mass is 9.69. The van der Waals surface area contributed by atoms with Crippen molar-refractivity contribution >= 4 is 38.1 Å². The monoisotopic (exact) mass is 777 g/mol. The third-order valence-electron chi connectivity index (χ3n) is 16.1. The van der Waals surface area contributed by atoms with Gasteiger partial charge in [-0.3, -0.25) is 4.98 Å². The van der Waals surface area contributed by atoms with Crippen LogP contribution in [0.25, 0.3) is 71.5 Å². The van der Waals surface area contributed by atoms with Gasteiger partial charge in [-0.1, -0.05) is 140 Å². The zero-order valence-electron chi connectivity index (χ0n) is 33.8. The maximum atomic E-state index is 11.6. The van der Waals surface area contributed by atoms with Gasteiger partial charge in [-0.25, -0.2) is 0 Å². The maximum Gasteiger partial charge on any atom is 0.0996 e. The summed E-state index contributed by atoms with van der Waals surface area (Å²) in [5.41, 5.74) is 24.7. The van der Waals surface area contributed by atoms with Crippen LogP contribution in [0, 0.1) is 11.3 Å². The zero-order chi connectivity index (χ0) is 39.8. The Morgan fingerprint density at radius 3 is 1.72 bits per heavy atom. The number of fused-ring (bicyclic) bond motifs is 29. The molecule has 2 spiro atoms. The van der Waals surface area contributed by atoms with E-state index in [4.69, 9.17) is 4.98 Å². The van der Waals surface area contributed by atoms with E-state index in [0.717, 1.165) is 60.7 Å². The van der Waals surface area contributed by atoms with Gasteiger partial charge in [-0.05, 0) is 122 Å². The lowest BCUT2D eigenvalue weighted by Gasteiger charge is -2.31. The second-order valence-electron chi connectivity index (χ2n) is 18.6. The molecule has 0 atom stereocenters. The Bertz CT molecular complexity index is 3630. The van der Waals surface area contributed by atoms with Gasteiger partial charge in [0.25, 0.3) is 0 Å². The van der Waals surface area contributed by atoms with E-state index in [1.54, 1.807) is 0 Å². The summed E-state index contributed by atoms with van der Waals surface area (Å²) >= 11 is 0. The van der Waals surface area contributed by atoms with E-state index in [0.29, 0.717) is 0 Å². The Hall–Kier alpha value is -7.02. The van der Waals surface area contributed by atoms with E-state index >= 15 is 0 Å². The first kappa shape index (κ1) is 32.8. The van der Waals surface area contributed by atoms with E-state index in [1.165, 1.54) is 123 Å². The van der Waals surface area contributed by atoms with E-state index in [9.17, 15) is 5.26 Å². The molecule has 15 rings (SSSR count). The van der Waals surface area contributed by atoms with Gasteiger partial charge in [-0.15, -0.1) is 0 Å². The number of hydrogen-bond donors (Lipinski definition) is 0. The summed E-state index contributed by atoms with van der Waals surface area (Å²) < 4.78 is 2.56. The minimum atomic E-state index is -0.610. The van der Waals surface area contributed by atoms with Crippen LogP contribution in [0.15, 0.2) is 140 Å². The molecule has 3 heteroatoms. The van der Waals surface area contributed by atoms with E-state index in [1.807, 2.05) is 0 Å². The highest BCUT2D eigenvalue weighted by Gasteiger charge is 2.54. The Labute approximate surface area is 353 Å². The Morgan fingerprint density at radius 2 is 1.08 bits per heavy atom. The zero-order valence-corrected chi connectivity index (χ0v) is 33.8. The minimum absolute atomic E-state index is 0.0263. The topological polar surface area (TPSA) is 41.1 Å². The van der Waals surface area contributed by atoms with E-state index in [-0.39, 0.29) is 5.41 Å². The number of nitriles is 1. The molecule has 61 heavy (non-hydrogen) atoms. The first-order chi connectivity index (χ1) is 30.2. The highest BCUT2D eigenvalue weighted by atomic mass is 14.9. The molecule has 0 N–H and O–H groups in total. The third-order valence-corrected chi connectivity index (χ3v) is 16.1. The van der Waals surface area contributed by atoms with Gasteiger partial charge in [0, 0.05) is 32.5 Å².